The Bertz CT molecular complexity index is 2320. The quantitative estimate of drug-likeness (QED) is 0.176. The van der Waals surface area contributed by atoms with Crippen LogP contribution in [0.15, 0.2) is 127 Å². The molecule has 0 bridgehead atoms. The van der Waals surface area contributed by atoms with Gasteiger partial charge < -0.3 is 4.90 Å². The largest absolute Gasteiger partial charge is 0.310 e. The van der Waals surface area contributed by atoms with Gasteiger partial charge >= 0.3 is 0 Å². The molecule has 0 amide bonds. The molecule has 0 heterocycles. The van der Waals surface area contributed by atoms with Crippen LogP contribution in [0, 0.1) is 0 Å². The van der Waals surface area contributed by atoms with Gasteiger partial charge in [0.15, 0.2) is 0 Å². The standard InChI is InChI=1S/C51H51N/c1-49(2)29-30-50(3,4)46-31-37(25-28-44(46)49)41-32-42-40-20-12-13-21-43(40)51(5,6)45(42)33-48(41)52(47-22-14-18-36-17-10-11-19-39(36)47)38-26-23-35(24-27-38)34-15-8-7-9-16-34/h7-9,12-16,18,20-28,31-33H,10-11,17,19,29-30H2,1-6H3. The second-order valence-electron chi connectivity index (χ2n) is 17.5. The number of rotatable bonds is 5. The van der Waals surface area contributed by atoms with Crippen LogP contribution in [0.4, 0.5) is 17.1 Å². The highest BCUT2D eigenvalue weighted by Gasteiger charge is 2.39. The van der Waals surface area contributed by atoms with Crippen molar-refractivity contribution in [3.05, 3.63) is 161 Å². The van der Waals surface area contributed by atoms with Crippen molar-refractivity contribution in [3.8, 4) is 33.4 Å². The van der Waals surface area contributed by atoms with E-state index in [0.717, 1.165) is 12.8 Å². The van der Waals surface area contributed by atoms with Crippen molar-refractivity contribution in [1.29, 1.82) is 0 Å². The summed E-state index contributed by atoms with van der Waals surface area (Å²) in [5.74, 6) is 0. The second kappa shape index (κ2) is 12.1. The highest BCUT2D eigenvalue weighted by Crippen LogP contribution is 2.55. The van der Waals surface area contributed by atoms with Gasteiger partial charge in [-0.15, -0.1) is 0 Å². The van der Waals surface area contributed by atoms with E-state index in [2.05, 4.69) is 174 Å². The zero-order chi connectivity index (χ0) is 35.8. The maximum atomic E-state index is 2.61. The predicted octanol–water partition coefficient (Wildman–Crippen LogP) is 14.0. The van der Waals surface area contributed by atoms with Crippen LogP contribution >= 0.6 is 0 Å². The Kier molecular flexibility index (Phi) is 7.67. The van der Waals surface area contributed by atoms with Gasteiger partial charge in [0.1, 0.15) is 0 Å². The summed E-state index contributed by atoms with van der Waals surface area (Å²) in [5.41, 5.74) is 20.6. The maximum Gasteiger partial charge on any atom is 0.0543 e. The monoisotopic (exact) mass is 677 g/mol. The summed E-state index contributed by atoms with van der Waals surface area (Å²) in [6, 6.07) is 48.8. The zero-order valence-electron chi connectivity index (χ0n) is 31.8. The Labute approximate surface area is 311 Å². The summed E-state index contributed by atoms with van der Waals surface area (Å²) >= 11 is 0. The highest BCUT2D eigenvalue weighted by atomic mass is 15.1. The minimum absolute atomic E-state index is 0.111. The van der Waals surface area contributed by atoms with Gasteiger partial charge in [-0.3, -0.25) is 0 Å². The summed E-state index contributed by atoms with van der Waals surface area (Å²) in [4.78, 5) is 2.61. The van der Waals surface area contributed by atoms with E-state index in [1.165, 1.54) is 110 Å². The van der Waals surface area contributed by atoms with Gasteiger partial charge in [-0.1, -0.05) is 139 Å². The predicted molar refractivity (Wildman–Crippen MR) is 221 cm³/mol. The number of hydrogen-bond acceptors (Lipinski definition) is 1. The van der Waals surface area contributed by atoms with Gasteiger partial charge in [0.25, 0.3) is 0 Å². The second-order valence-corrected chi connectivity index (χ2v) is 17.5. The van der Waals surface area contributed by atoms with Crippen molar-refractivity contribution < 1.29 is 0 Å². The molecule has 0 saturated heterocycles. The first kappa shape index (κ1) is 33.0. The van der Waals surface area contributed by atoms with E-state index in [-0.39, 0.29) is 16.2 Å². The van der Waals surface area contributed by atoms with E-state index in [9.17, 15) is 0 Å². The number of nitrogens with zero attached hydrogens (tertiary/aromatic N) is 1. The van der Waals surface area contributed by atoms with E-state index >= 15 is 0 Å². The van der Waals surface area contributed by atoms with Crippen molar-refractivity contribution in [2.75, 3.05) is 4.90 Å². The van der Waals surface area contributed by atoms with E-state index in [1.807, 2.05) is 0 Å². The van der Waals surface area contributed by atoms with Crippen molar-refractivity contribution in [2.24, 2.45) is 0 Å². The molecule has 0 N–H and O–H groups in total. The lowest BCUT2D eigenvalue weighted by molar-refractivity contribution is 0.332. The van der Waals surface area contributed by atoms with Gasteiger partial charge in [-0.25, -0.2) is 0 Å². The molecule has 1 nitrogen and oxygen atoms in total. The molecule has 0 aliphatic heterocycles. The van der Waals surface area contributed by atoms with Crippen LogP contribution in [0.25, 0.3) is 33.4 Å². The van der Waals surface area contributed by atoms with E-state index in [0.29, 0.717) is 0 Å². The normalized spacial score (nSPS) is 17.4. The summed E-state index contributed by atoms with van der Waals surface area (Å²) in [5, 5.41) is 0. The molecular formula is C51H51N. The van der Waals surface area contributed by atoms with E-state index in [4.69, 9.17) is 0 Å². The molecule has 0 unspecified atom stereocenters. The van der Waals surface area contributed by atoms with Gasteiger partial charge in [0.2, 0.25) is 0 Å². The Morgan fingerprint density at radius 1 is 0.442 bits per heavy atom. The van der Waals surface area contributed by atoms with E-state index in [1.54, 1.807) is 0 Å². The third-order valence-electron chi connectivity index (χ3n) is 12.9. The number of hydrogen-bond donors (Lipinski definition) is 0. The van der Waals surface area contributed by atoms with Gasteiger partial charge in [-0.05, 0) is 141 Å². The van der Waals surface area contributed by atoms with Crippen LogP contribution in [0.5, 0.6) is 0 Å². The number of anilines is 3. The fraction of sp³-hybridized carbons (Fsp3) is 0.294. The van der Waals surface area contributed by atoms with Crippen LogP contribution in [0.3, 0.4) is 0 Å². The molecule has 9 rings (SSSR count). The van der Waals surface area contributed by atoms with Crippen LogP contribution in [-0.4, -0.2) is 0 Å². The van der Waals surface area contributed by atoms with Gasteiger partial charge in [0.05, 0.1) is 5.69 Å². The van der Waals surface area contributed by atoms with Crippen LogP contribution in [0.1, 0.15) is 101 Å². The van der Waals surface area contributed by atoms with Crippen molar-refractivity contribution in [1.82, 2.24) is 0 Å². The molecule has 1 heteroatoms. The molecule has 260 valence electrons. The molecule has 0 spiro atoms. The number of fused-ring (bicyclic) bond motifs is 5. The average Bonchev–Trinajstić information content (AvgIpc) is 3.39. The first-order valence-corrected chi connectivity index (χ1v) is 19.5. The minimum Gasteiger partial charge on any atom is -0.310 e. The van der Waals surface area contributed by atoms with Crippen molar-refractivity contribution in [2.45, 2.75) is 96.3 Å². The molecule has 0 fully saturated rings. The van der Waals surface area contributed by atoms with Gasteiger partial charge in [-0.2, -0.15) is 0 Å². The van der Waals surface area contributed by atoms with Crippen LogP contribution in [0.2, 0.25) is 0 Å². The van der Waals surface area contributed by atoms with Gasteiger partial charge in [0, 0.05) is 22.4 Å². The molecule has 0 saturated carbocycles. The number of benzene rings is 6. The molecule has 3 aliphatic rings. The molecular weight excluding hydrogens is 627 g/mol. The summed E-state index contributed by atoms with van der Waals surface area (Å²) in [7, 11) is 0. The average molecular weight is 678 g/mol. The molecule has 0 aromatic heterocycles. The molecule has 6 aromatic rings. The van der Waals surface area contributed by atoms with E-state index < -0.39 is 0 Å². The SMILES string of the molecule is CC1(C)CCC(C)(C)c2cc(-c3cc4c(cc3N(c3ccc(-c5ccccc5)cc3)c3cccc5c3CCCC5)C(C)(C)c3ccccc3-4)ccc21. The molecule has 6 aromatic carbocycles. The van der Waals surface area contributed by atoms with Crippen molar-refractivity contribution in [3.63, 3.8) is 0 Å². The Morgan fingerprint density at radius 2 is 1.12 bits per heavy atom. The Hall–Kier alpha value is -4.88. The smallest absolute Gasteiger partial charge is 0.0543 e. The molecule has 3 aliphatic carbocycles. The minimum atomic E-state index is -0.111. The third-order valence-corrected chi connectivity index (χ3v) is 12.9. The number of aryl methyl sites for hydroxylation is 1. The zero-order valence-corrected chi connectivity index (χ0v) is 31.8. The first-order valence-electron chi connectivity index (χ1n) is 19.5. The van der Waals surface area contributed by atoms with Crippen LogP contribution in [-0.2, 0) is 29.1 Å². The molecule has 52 heavy (non-hydrogen) atoms. The maximum absolute atomic E-state index is 2.61. The lowest BCUT2D eigenvalue weighted by Gasteiger charge is -2.42. The Balaban J connectivity index is 1.33. The lowest BCUT2D eigenvalue weighted by atomic mass is 9.63. The molecule has 0 atom stereocenters. The van der Waals surface area contributed by atoms with Crippen LogP contribution < -0.4 is 4.90 Å². The summed E-state index contributed by atoms with van der Waals surface area (Å²) < 4.78 is 0. The third kappa shape index (κ3) is 5.27. The topological polar surface area (TPSA) is 3.24 Å². The Morgan fingerprint density at radius 3 is 1.90 bits per heavy atom. The lowest BCUT2D eigenvalue weighted by Crippen LogP contribution is -2.33. The summed E-state index contributed by atoms with van der Waals surface area (Å²) in [6.07, 6.45) is 7.18. The fourth-order valence-electron chi connectivity index (χ4n) is 9.72. The molecule has 0 radical (unpaired) electrons. The first-order chi connectivity index (χ1) is 25.0. The summed E-state index contributed by atoms with van der Waals surface area (Å²) in [6.45, 7) is 14.6. The highest BCUT2D eigenvalue weighted by molar-refractivity contribution is 5.95. The van der Waals surface area contributed by atoms with Crippen molar-refractivity contribution >= 4 is 17.1 Å². The fourth-order valence-corrected chi connectivity index (χ4v) is 9.72.